The summed E-state index contributed by atoms with van der Waals surface area (Å²) in [5.41, 5.74) is 2.68. The molecule has 0 spiro atoms. The number of aromatic nitrogens is 5. The molecule has 4 heterocycles. The summed E-state index contributed by atoms with van der Waals surface area (Å²) in [6.45, 7) is 3.14. The number of carbonyl (C=O) groups excluding carboxylic acids is 1. The van der Waals surface area contributed by atoms with Crippen molar-refractivity contribution in [1.82, 2.24) is 25.0 Å². The van der Waals surface area contributed by atoms with Crippen LogP contribution in [0.15, 0.2) is 18.5 Å². The van der Waals surface area contributed by atoms with E-state index >= 15 is 0 Å². The van der Waals surface area contributed by atoms with E-state index in [-0.39, 0.29) is 5.91 Å². The second-order valence-corrected chi connectivity index (χ2v) is 6.28. The molecule has 1 amide bonds. The Morgan fingerprint density at radius 3 is 3.04 bits per heavy atom. The number of carbonyl (C=O) groups is 1. The lowest BCUT2D eigenvalue weighted by Crippen LogP contribution is -2.14. The number of anilines is 1. The minimum absolute atomic E-state index is 0.334. The first-order valence-electron chi connectivity index (χ1n) is 7.50. The van der Waals surface area contributed by atoms with E-state index in [1.54, 1.807) is 10.9 Å². The first-order chi connectivity index (χ1) is 12.2. The van der Waals surface area contributed by atoms with E-state index in [1.165, 1.54) is 13.3 Å². The van der Waals surface area contributed by atoms with Gasteiger partial charge in [-0.2, -0.15) is 5.10 Å². The van der Waals surface area contributed by atoms with Crippen LogP contribution in [-0.4, -0.2) is 44.6 Å². The number of hydrogen-bond donors (Lipinski definition) is 1. The average Bonchev–Trinajstić information content (AvgIpc) is 3.31. The van der Waals surface area contributed by atoms with Gasteiger partial charge in [0.1, 0.15) is 6.61 Å². The van der Waals surface area contributed by atoms with Crippen LogP contribution in [0.1, 0.15) is 16.1 Å². The first kappa shape index (κ1) is 15.5. The van der Waals surface area contributed by atoms with Crippen LogP contribution in [0.4, 0.5) is 5.13 Å². The number of nitrogens with zero attached hydrogens (tertiary/aromatic N) is 5. The largest absolute Gasteiger partial charge is 0.475 e. The molecule has 0 saturated heterocycles. The normalized spacial score (nSPS) is 12.6. The number of fused-ring (bicyclic) bond motifs is 1. The Kier molecular flexibility index (Phi) is 3.80. The molecule has 0 aromatic carbocycles. The van der Waals surface area contributed by atoms with Crippen molar-refractivity contribution in [2.45, 2.75) is 13.5 Å². The number of rotatable bonds is 4. The van der Waals surface area contributed by atoms with Gasteiger partial charge >= 0.3 is 0 Å². The van der Waals surface area contributed by atoms with E-state index < -0.39 is 0 Å². The van der Waals surface area contributed by atoms with Gasteiger partial charge in [-0.3, -0.25) is 15.1 Å². The highest BCUT2D eigenvalue weighted by Gasteiger charge is 2.24. The van der Waals surface area contributed by atoms with Crippen LogP contribution in [0.25, 0.3) is 11.1 Å². The van der Waals surface area contributed by atoms with Gasteiger partial charge in [-0.15, -0.1) is 5.10 Å². The van der Waals surface area contributed by atoms with Crippen molar-refractivity contribution in [2.24, 2.45) is 0 Å². The molecule has 4 rings (SSSR count). The highest BCUT2D eigenvalue weighted by Crippen LogP contribution is 2.35. The lowest BCUT2D eigenvalue weighted by molar-refractivity contribution is 0.102. The number of ether oxygens (including phenoxy) is 2. The summed E-state index contributed by atoms with van der Waals surface area (Å²) in [4.78, 5) is 17.0. The molecule has 0 aliphatic carbocycles. The molecule has 3 aromatic rings. The van der Waals surface area contributed by atoms with Crippen molar-refractivity contribution in [2.75, 3.05) is 19.0 Å². The fourth-order valence-electron chi connectivity index (χ4n) is 2.57. The number of hydrogen-bond acceptors (Lipinski definition) is 8. The number of nitrogens with one attached hydrogen (secondary N) is 1. The fraction of sp³-hybridized carbons (Fsp3) is 0.267. The smallest absolute Gasteiger partial charge is 0.295 e. The summed E-state index contributed by atoms with van der Waals surface area (Å²) in [6.07, 6.45) is 3.24. The van der Waals surface area contributed by atoms with Gasteiger partial charge in [-0.1, -0.05) is 5.10 Å². The van der Waals surface area contributed by atoms with Gasteiger partial charge in [0.25, 0.3) is 11.1 Å². The molecule has 9 nitrogen and oxygen atoms in total. The summed E-state index contributed by atoms with van der Waals surface area (Å²) >= 11 is 1.14. The molecule has 0 bridgehead atoms. The number of aryl methyl sites for hydroxylation is 1. The van der Waals surface area contributed by atoms with Gasteiger partial charge in [-0.25, -0.2) is 4.68 Å². The zero-order valence-electron chi connectivity index (χ0n) is 13.5. The van der Waals surface area contributed by atoms with E-state index in [9.17, 15) is 4.79 Å². The maximum Gasteiger partial charge on any atom is 0.295 e. The molecule has 0 unspecified atom stereocenters. The van der Waals surface area contributed by atoms with Gasteiger partial charge in [0.15, 0.2) is 0 Å². The second-order valence-electron chi connectivity index (χ2n) is 5.34. The van der Waals surface area contributed by atoms with Crippen LogP contribution >= 0.6 is 11.3 Å². The monoisotopic (exact) mass is 358 g/mol. The lowest BCUT2D eigenvalue weighted by Gasteiger charge is -2.09. The minimum Gasteiger partial charge on any atom is -0.475 e. The summed E-state index contributed by atoms with van der Waals surface area (Å²) in [7, 11) is 1.49. The maximum absolute atomic E-state index is 12.7. The Bertz CT molecular complexity index is 951. The molecule has 0 saturated carbocycles. The van der Waals surface area contributed by atoms with Crippen LogP contribution in [0.5, 0.6) is 11.1 Å². The van der Waals surface area contributed by atoms with E-state index in [0.717, 1.165) is 22.6 Å². The van der Waals surface area contributed by atoms with Gasteiger partial charge in [0.05, 0.1) is 31.0 Å². The fourth-order valence-corrected chi connectivity index (χ4v) is 3.13. The van der Waals surface area contributed by atoms with Gasteiger partial charge in [0.2, 0.25) is 11.0 Å². The van der Waals surface area contributed by atoms with Crippen molar-refractivity contribution in [3.63, 3.8) is 0 Å². The van der Waals surface area contributed by atoms with Gasteiger partial charge in [0, 0.05) is 17.5 Å². The lowest BCUT2D eigenvalue weighted by atomic mass is 10.0. The summed E-state index contributed by atoms with van der Waals surface area (Å²) in [5.74, 6) is 0.330. The van der Waals surface area contributed by atoms with Crippen LogP contribution < -0.4 is 14.8 Å². The van der Waals surface area contributed by atoms with Crippen molar-refractivity contribution >= 4 is 22.4 Å². The zero-order valence-corrected chi connectivity index (χ0v) is 14.3. The van der Waals surface area contributed by atoms with E-state index in [2.05, 4.69) is 25.6 Å². The number of amides is 1. The molecule has 128 valence electrons. The molecular formula is C15H14N6O3S. The Morgan fingerprint density at radius 2 is 2.24 bits per heavy atom. The molecular weight excluding hydrogens is 344 g/mol. The SMILES string of the molecule is COc1nnc(NC(=O)c2cnc(C)cc2-c2cnn3c2OCC3)s1. The molecule has 1 aliphatic rings. The third-order valence-corrected chi connectivity index (χ3v) is 4.51. The molecule has 0 radical (unpaired) electrons. The van der Waals surface area contributed by atoms with Crippen molar-refractivity contribution in [1.29, 1.82) is 0 Å². The zero-order chi connectivity index (χ0) is 17.4. The maximum atomic E-state index is 12.7. The molecule has 1 aliphatic heterocycles. The quantitative estimate of drug-likeness (QED) is 0.758. The number of methoxy groups -OCH3 is 1. The first-order valence-corrected chi connectivity index (χ1v) is 8.32. The summed E-state index contributed by atoms with van der Waals surface area (Å²) < 4.78 is 12.4. The van der Waals surface area contributed by atoms with Crippen LogP contribution in [0, 0.1) is 6.92 Å². The molecule has 1 N–H and O–H groups in total. The predicted molar refractivity (Wildman–Crippen MR) is 90.1 cm³/mol. The van der Waals surface area contributed by atoms with Crippen LogP contribution in [-0.2, 0) is 6.54 Å². The Balaban J connectivity index is 1.70. The predicted octanol–water partition coefficient (Wildman–Crippen LogP) is 1.76. The molecule has 3 aromatic heterocycles. The van der Waals surface area contributed by atoms with E-state index in [0.29, 0.717) is 40.5 Å². The molecule has 25 heavy (non-hydrogen) atoms. The Morgan fingerprint density at radius 1 is 1.36 bits per heavy atom. The Labute approximate surface area is 146 Å². The van der Waals surface area contributed by atoms with E-state index in [1.807, 2.05) is 13.0 Å². The standard InChI is InChI=1S/C15H14N6O3S/c1-8-5-9(11-7-17-21-3-4-24-13(11)21)10(6-16-8)12(22)18-14-19-20-15(23-2)25-14/h5-7H,3-4H2,1-2H3,(H,18,19,22). The van der Waals surface area contributed by atoms with Crippen LogP contribution in [0.2, 0.25) is 0 Å². The highest BCUT2D eigenvalue weighted by molar-refractivity contribution is 7.17. The second kappa shape index (κ2) is 6.13. The highest BCUT2D eigenvalue weighted by atomic mass is 32.1. The van der Waals surface area contributed by atoms with E-state index in [4.69, 9.17) is 9.47 Å². The van der Waals surface area contributed by atoms with Crippen molar-refractivity contribution in [3.8, 4) is 22.2 Å². The molecule has 0 fully saturated rings. The van der Waals surface area contributed by atoms with Gasteiger partial charge in [-0.05, 0) is 24.3 Å². The summed E-state index contributed by atoms with van der Waals surface area (Å²) in [5, 5.41) is 15.4. The Hall–Kier alpha value is -3.01. The summed E-state index contributed by atoms with van der Waals surface area (Å²) in [6, 6.07) is 1.84. The third kappa shape index (κ3) is 2.80. The minimum atomic E-state index is -0.334. The van der Waals surface area contributed by atoms with Crippen molar-refractivity contribution < 1.29 is 14.3 Å². The van der Waals surface area contributed by atoms with Crippen molar-refractivity contribution in [3.05, 3.63) is 29.7 Å². The van der Waals surface area contributed by atoms with Gasteiger partial charge < -0.3 is 9.47 Å². The molecule has 10 heteroatoms. The topological polar surface area (TPSA) is 104 Å². The third-order valence-electron chi connectivity index (χ3n) is 3.71. The molecule has 0 atom stereocenters. The number of pyridine rings is 1. The van der Waals surface area contributed by atoms with Crippen LogP contribution in [0.3, 0.4) is 0 Å². The average molecular weight is 358 g/mol.